The minimum absolute atomic E-state index is 0.00931. The Morgan fingerprint density at radius 3 is 2.59 bits per heavy atom. The van der Waals surface area contributed by atoms with Gasteiger partial charge in [0.1, 0.15) is 30.8 Å². The molecule has 0 aliphatic carbocycles. The van der Waals surface area contributed by atoms with Gasteiger partial charge in [-0.2, -0.15) is 0 Å². The second-order valence-electron chi connectivity index (χ2n) is 6.90. The Hall–Kier alpha value is -2.53. The lowest BCUT2D eigenvalue weighted by Crippen LogP contribution is -2.50. The lowest BCUT2D eigenvalue weighted by atomic mass is 9.97. The van der Waals surface area contributed by atoms with Crippen LogP contribution < -0.4 is 9.47 Å². The van der Waals surface area contributed by atoms with Crippen molar-refractivity contribution in [1.82, 2.24) is 4.90 Å². The first-order valence-electron chi connectivity index (χ1n) is 9.48. The van der Waals surface area contributed by atoms with Gasteiger partial charge in [0.25, 0.3) is 0 Å². The monoisotopic (exact) mass is 369 g/mol. The summed E-state index contributed by atoms with van der Waals surface area (Å²) in [5, 5.41) is 10.5. The third kappa shape index (κ3) is 5.47. The molecular formula is C22H27NO4. The molecule has 0 bridgehead atoms. The fourth-order valence-corrected chi connectivity index (χ4v) is 3.44. The zero-order valence-corrected chi connectivity index (χ0v) is 15.7. The third-order valence-corrected chi connectivity index (χ3v) is 4.87. The van der Waals surface area contributed by atoms with E-state index in [1.54, 1.807) is 11.8 Å². The molecule has 144 valence electrons. The number of hydrogen-bond acceptors (Lipinski definition) is 4. The van der Waals surface area contributed by atoms with Crippen LogP contribution in [0.1, 0.15) is 31.7 Å². The largest absolute Gasteiger partial charge is 0.491 e. The van der Waals surface area contributed by atoms with Crippen LogP contribution in [0.2, 0.25) is 0 Å². The Morgan fingerprint density at radius 1 is 1.11 bits per heavy atom. The zero-order chi connectivity index (χ0) is 19.1. The number of ether oxygens (including phenoxy) is 2. The summed E-state index contributed by atoms with van der Waals surface area (Å²) in [4.78, 5) is 13.5. The maximum atomic E-state index is 11.8. The first-order chi connectivity index (χ1) is 13.1. The number of aliphatic hydroxyl groups is 1. The molecule has 0 aromatic heterocycles. The Balaban J connectivity index is 1.53. The van der Waals surface area contributed by atoms with Crippen LogP contribution in [-0.4, -0.2) is 41.2 Å². The summed E-state index contributed by atoms with van der Waals surface area (Å²) >= 11 is 0. The fourth-order valence-electron chi connectivity index (χ4n) is 3.44. The summed E-state index contributed by atoms with van der Waals surface area (Å²) in [5.41, 5.74) is 1.10. The Kier molecular flexibility index (Phi) is 6.71. The van der Waals surface area contributed by atoms with Crippen molar-refractivity contribution in [3.8, 4) is 11.5 Å². The van der Waals surface area contributed by atoms with Crippen molar-refractivity contribution in [3.63, 3.8) is 0 Å². The van der Waals surface area contributed by atoms with E-state index in [1.165, 1.54) is 0 Å². The maximum absolute atomic E-state index is 11.8. The molecule has 2 aromatic rings. The number of aliphatic hydroxyl groups excluding tert-OH is 1. The Morgan fingerprint density at radius 2 is 1.85 bits per heavy atom. The fraction of sp³-hybridized carbons (Fsp3) is 0.409. The summed E-state index contributed by atoms with van der Waals surface area (Å²) in [5.74, 6) is 1.37. The van der Waals surface area contributed by atoms with Gasteiger partial charge in [0, 0.05) is 19.5 Å². The van der Waals surface area contributed by atoms with Crippen LogP contribution in [-0.2, 0) is 11.4 Å². The van der Waals surface area contributed by atoms with Gasteiger partial charge in [0.2, 0.25) is 5.91 Å². The summed E-state index contributed by atoms with van der Waals surface area (Å²) in [6.45, 7) is 2.90. The summed E-state index contributed by atoms with van der Waals surface area (Å²) in [6, 6.07) is 17.2. The molecule has 2 unspecified atom stereocenters. The Labute approximate surface area is 160 Å². The second-order valence-corrected chi connectivity index (χ2v) is 6.90. The number of amides is 1. The van der Waals surface area contributed by atoms with E-state index in [-0.39, 0.29) is 18.6 Å². The van der Waals surface area contributed by atoms with E-state index < -0.39 is 6.10 Å². The van der Waals surface area contributed by atoms with Crippen molar-refractivity contribution < 1.29 is 19.4 Å². The van der Waals surface area contributed by atoms with Crippen LogP contribution in [0.15, 0.2) is 54.6 Å². The van der Waals surface area contributed by atoms with E-state index in [4.69, 9.17) is 9.47 Å². The van der Waals surface area contributed by atoms with E-state index in [2.05, 4.69) is 0 Å². The number of likely N-dealkylation sites (tertiary alicyclic amines) is 1. The second kappa shape index (κ2) is 9.42. The van der Waals surface area contributed by atoms with E-state index in [1.807, 2.05) is 54.6 Å². The van der Waals surface area contributed by atoms with Crippen molar-refractivity contribution in [2.45, 2.75) is 44.9 Å². The van der Waals surface area contributed by atoms with E-state index in [0.717, 1.165) is 24.8 Å². The van der Waals surface area contributed by atoms with Gasteiger partial charge in [-0.05, 0) is 37.0 Å². The van der Waals surface area contributed by atoms with Gasteiger partial charge in [0.15, 0.2) is 0 Å². The van der Waals surface area contributed by atoms with Crippen LogP contribution in [0.25, 0.3) is 0 Å². The molecule has 5 heteroatoms. The first-order valence-corrected chi connectivity index (χ1v) is 9.48. The molecule has 1 aliphatic rings. The molecule has 1 N–H and O–H groups in total. The highest BCUT2D eigenvalue weighted by atomic mass is 16.5. The molecule has 5 nitrogen and oxygen atoms in total. The van der Waals surface area contributed by atoms with Crippen LogP contribution in [0.3, 0.4) is 0 Å². The molecular weight excluding hydrogens is 342 g/mol. The molecule has 1 saturated heterocycles. The first kappa shape index (κ1) is 19.2. The van der Waals surface area contributed by atoms with Gasteiger partial charge in [-0.3, -0.25) is 4.79 Å². The molecule has 1 fully saturated rings. The van der Waals surface area contributed by atoms with Crippen molar-refractivity contribution in [2.24, 2.45) is 0 Å². The van der Waals surface area contributed by atoms with E-state index >= 15 is 0 Å². The van der Waals surface area contributed by atoms with Gasteiger partial charge >= 0.3 is 0 Å². The molecule has 27 heavy (non-hydrogen) atoms. The number of piperidine rings is 1. The third-order valence-electron chi connectivity index (χ3n) is 4.87. The molecule has 2 atom stereocenters. The highest BCUT2D eigenvalue weighted by Crippen LogP contribution is 2.23. The highest BCUT2D eigenvalue weighted by molar-refractivity contribution is 5.73. The normalized spacial score (nSPS) is 18.0. The lowest BCUT2D eigenvalue weighted by Gasteiger charge is -2.37. The minimum Gasteiger partial charge on any atom is -0.491 e. The molecule has 3 rings (SSSR count). The zero-order valence-electron chi connectivity index (χ0n) is 15.7. The molecule has 1 amide bonds. The smallest absolute Gasteiger partial charge is 0.219 e. The standard InChI is InChI=1S/C22H27NO4/c1-17(24)23-13-6-5-12-21(23)22(25)16-27-20-11-7-10-19(14-20)26-15-18-8-3-2-4-9-18/h2-4,7-11,14,21-22,25H,5-6,12-13,15-16H2,1H3. The quantitative estimate of drug-likeness (QED) is 0.813. The number of benzene rings is 2. The van der Waals surface area contributed by atoms with E-state index in [9.17, 15) is 9.90 Å². The minimum atomic E-state index is -0.705. The van der Waals surface area contributed by atoms with Crippen LogP contribution >= 0.6 is 0 Å². The molecule has 0 spiro atoms. The van der Waals surface area contributed by atoms with Gasteiger partial charge in [-0.15, -0.1) is 0 Å². The van der Waals surface area contributed by atoms with Gasteiger partial charge < -0.3 is 19.5 Å². The average Bonchev–Trinajstić information content (AvgIpc) is 2.71. The number of hydrogen-bond donors (Lipinski definition) is 1. The summed E-state index contributed by atoms with van der Waals surface area (Å²) in [6.07, 6.45) is 2.12. The predicted molar refractivity (Wildman–Crippen MR) is 104 cm³/mol. The van der Waals surface area contributed by atoms with Crippen LogP contribution in [0.4, 0.5) is 0 Å². The van der Waals surface area contributed by atoms with Crippen molar-refractivity contribution in [1.29, 1.82) is 0 Å². The number of carbonyl (C=O) groups is 1. The van der Waals surface area contributed by atoms with Gasteiger partial charge in [0.05, 0.1) is 6.04 Å². The summed E-state index contributed by atoms with van der Waals surface area (Å²) < 4.78 is 11.6. The summed E-state index contributed by atoms with van der Waals surface area (Å²) in [7, 11) is 0. The number of rotatable bonds is 7. The highest BCUT2D eigenvalue weighted by Gasteiger charge is 2.30. The number of carbonyl (C=O) groups excluding carboxylic acids is 1. The molecule has 2 aromatic carbocycles. The van der Waals surface area contributed by atoms with Crippen molar-refractivity contribution in [3.05, 3.63) is 60.2 Å². The molecule has 1 aliphatic heterocycles. The lowest BCUT2D eigenvalue weighted by molar-refractivity contribution is -0.136. The Bertz CT molecular complexity index is 734. The van der Waals surface area contributed by atoms with E-state index in [0.29, 0.717) is 24.7 Å². The molecule has 0 saturated carbocycles. The van der Waals surface area contributed by atoms with Crippen LogP contribution in [0.5, 0.6) is 11.5 Å². The molecule has 1 heterocycles. The number of nitrogens with zero attached hydrogens (tertiary/aromatic N) is 1. The van der Waals surface area contributed by atoms with Gasteiger partial charge in [-0.1, -0.05) is 36.4 Å². The van der Waals surface area contributed by atoms with Gasteiger partial charge in [-0.25, -0.2) is 0 Å². The molecule has 0 radical (unpaired) electrons. The average molecular weight is 369 g/mol. The van der Waals surface area contributed by atoms with Crippen molar-refractivity contribution in [2.75, 3.05) is 13.2 Å². The topological polar surface area (TPSA) is 59.0 Å². The SMILES string of the molecule is CC(=O)N1CCCCC1C(O)COc1cccc(OCc2ccccc2)c1. The van der Waals surface area contributed by atoms with Crippen molar-refractivity contribution >= 4 is 5.91 Å². The maximum Gasteiger partial charge on any atom is 0.219 e. The van der Waals surface area contributed by atoms with Crippen LogP contribution in [0, 0.1) is 0 Å². The predicted octanol–water partition coefficient (Wildman–Crippen LogP) is 3.41.